The summed E-state index contributed by atoms with van der Waals surface area (Å²) in [6.07, 6.45) is 0.583. The first-order valence-corrected chi connectivity index (χ1v) is 9.41. The maximum atomic E-state index is 13.2. The number of hydrogen-bond donors (Lipinski definition) is 1. The number of amides is 2. The second kappa shape index (κ2) is 6.82. The first-order valence-electron chi connectivity index (χ1n) is 9.41. The van der Waals surface area contributed by atoms with Crippen molar-refractivity contribution >= 4 is 17.5 Å². The summed E-state index contributed by atoms with van der Waals surface area (Å²) in [7, 11) is 0. The zero-order chi connectivity index (χ0) is 19.0. The molecule has 1 saturated heterocycles. The van der Waals surface area contributed by atoms with E-state index in [2.05, 4.69) is 5.32 Å². The molecule has 5 nitrogen and oxygen atoms in total. The SMILES string of the molecule is CC(C)OCC(=O)N1CCC2(C(=O)Nc3ccccc32)C1c1ccccc1. The highest BCUT2D eigenvalue weighted by Crippen LogP contribution is 2.54. The van der Waals surface area contributed by atoms with Gasteiger partial charge in [0, 0.05) is 12.2 Å². The van der Waals surface area contributed by atoms with E-state index in [-0.39, 0.29) is 30.6 Å². The van der Waals surface area contributed by atoms with E-state index in [9.17, 15) is 9.59 Å². The average molecular weight is 364 g/mol. The minimum Gasteiger partial charge on any atom is -0.369 e. The minimum absolute atomic E-state index is 0.0174. The maximum Gasteiger partial charge on any atom is 0.249 e. The predicted octanol–water partition coefficient (Wildman–Crippen LogP) is 3.28. The quantitative estimate of drug-likeness (QED) is 0.906. The Hall–Kier alpha value is -2.66. The van der Waals surface area contributed by atoms with Crippen LogP contribution in [-0.2, 0) is 19.7 Å². The van der Waals surface area contributed by atoms with E-state index in [0.29, 0.717) is 13.0 Å². The van der Waals surface area contributed by atoms with Crippen LogP contribution in [0.3, 0.4) is 0 Å². The van der Waals surface area contributed by atoms with Crippen molar-refractivity contribution in [2.75, 3.05) is 18.5 Å². The lowest BCUT2D eigenvalue weighted by Crippen LogP contribution is -2.43. The number of carbonyl (C=O) groups excluding carboxylic acids is 2. The van der Waals surface area contributed by atoms with Crippen LogP contribution in [0.2, 0.25) is 0 Å². The fourth-order valence-corrected chi connectivity index (χ4v) is 4.37. The number of likely N-dealkylation sites (tertiary alicyclic amines) is 1. The molecule has 2 aromatic carbocycles. The number of benzene rings is 2. The third-order valence-electron chi connectivity index (χ3n) is 5.56. The molecule has 2 aliphatic heterocycles. The lowest BCUT2D eigenvalue weighted by Gasteiger charge is -2.34. The smallest absolute Gasteiger partial charge is 0.249 e. The van der Waals surface area contributed by atoms with Crippen molar-refractivity contribution < 1.29 is 14.3 Å². The molecule has 2 aromatic rings. The summed E-state index contributed by atoms with van der Waals surface area (Å²) in [6, 6.07) is 17.3. The topological polar surface area (TPSA) is 58.6 Å². The minimum atomic E-state index is -0.758. The number of para-hydroxylation sites is 1. The molecule has 2 aliphatic rings. The van der Waals surface area contributed by atoms with Crippen molar-refractivity contribution in [1.82, 2.24) is 4.90 Å². The first-order chi connectivity index (χ1) is 13.0. The van der Waals surface area contributed by atoms with Gasteiger partial charge in [0.1, 0.15) is 12.0 Å². The van der Waals surface area contributed by atoms with Crippen LogP contribution in [0.15, 0.2) is 54.6 Å². The average Bonchev–Trinajstić information content (AvgIpc) is 3.21. The van der Waals surface area contributed by atoms with E-state index in [0.717, 1.165) is 16.8 Å². The molecule has 2 heterocycles. The van der Waals surface area contributed by atoms with E-state index in [1.807, 2.05) is 73.3 Å². The van der Waals surface area contributed by atoms with Crippen LogP contribution >= 0.6 is 0 Å². The highest BCUT2D eigenvalue weighted by atomic mass is 16.5. The van der Waals surface area contributed by atoms with Gasteiger partial charge >= 0.3 is 0 Å². The third-order valence-corrected chi connectivity index (χ3v) is 5.56. The van der Waals surface area contributed by atoms with Crippen molar-refractivity contribution in [3.8, 4) is 0 Å². The summed E-state index contributed by atoms with van der Waals surface area (Å²) in [5.74, 6) is -0.107. The molecule has 4 rings (SSSR count). The van der Waals surface area contributed by atoms with Gasteiger partial charge in [0.05, 0.1) is 12.1 Å². The van der Waals surface area contributed by atoms with Crippen molar-refractivity contribution in [1.29, 1.82) is 0 Å². The van der Waals surface area contributed by atoms with Gasteiger partial charge in [-0.25, -0.2) is 0 Å². The van der Waals surface area contributed by atoms with E-state index >= 15 is 0 Å². The molecule has 0 radical (unpaired) electrons. The van der Waals surface area contributed by atoms with Gasteiger partial charge < -0.3 is 15.0 Å². The number of rotatable bonds is 4. The molecule has 0 aromatic heterocycles. The summed E-state index contributed by atoms with van der Waals surface area (Å²) in [6.45, 7) is 4.38. The van der Waals surface area contributed by atoms with Crippen LogP contribution in [0, 0.1) is 0 Å². The number of nitrogens with one attached hydrogen (secondary N) is 1. The van der Waals surface area contributed by atoms with Gasteiger partial charge in [-0.2, -0.15) is 0 Å². The third kappa shape index (κ3) is 2.82. The first kappa shape index (κ1) is 17.7. The van der Waals surface area contributed by atoms with Crippen molar-refractivity contribution in [2.24, 2.45) is 0 Å². The Morgan fingerprint density at radius 1 is 1.19 bits per heavy atom. The molecule has 0 aliphatic carbocycles. The van der Waals surface area contributed by atoms with Crippen LogP contribution < -0.4 is 5.32 Å². The summed E-state index contributed by atoms with van der Waals surface area (Å²) >= 11 is 0. The normalized spacial score (nSPS) is 23.7. The van der Waals surface area contributed by atoms with E-state index in [4.69, 9.17) is 4.74 Å². The van der Waals surface area contributed by atoms with Crippen molar-refractivity contribution in [3.05, 3.63) is 65.7 Å². The fraction of sp³-hybridized carbons (Fsp3) is 0.364. The Morgan fingerprint density at radius 3 is 2.63 bits per heavy atom. The molecule has 1 fully saturated rings. The molecule has 2 amide bonds. The number of hydrogen-bond acceptors (Lipinski definition) is 3. The molecule has 1 spiro atoms. The zero-order valence-corrected chi connectivity index (χ0v) is 15.6. The summed E-state index contributed by atoms with van der Waals surface area (Å²) in [5, 5.41) is 3.03. The Bertz CT molecular complexity index is 865. The number of fused-ring (bicyclic) bond motifs is 2. The standard InChI is InChI=1S/C22H24N2O3/c1-15(2)27-14-19(25)24-13-12-22(20(24)16-8-4-3-5-9-16)17-10-6-7-11-18(17)23-21(22)26/h3-11,15,20H,12-14H2,1-2H3,(H,23,26). The molecule has 140 valence electrons. The Kier molecular flexibility index (Phi) is 4.48. The number of anilines is 1. The van der Waals surface area contributed by atoms with Gasteiger partial charge in [0.2, 0.25) is 11.8 Å². The summed E-state index contributed by atoms with van der Waals surface area (Å²) in [5.41, 5.74) is 2.03. The van der Waals surface area contributed by atoms with Gasteiger partial charge in [0.25, 0.3) is 0 Å². The van der Waals surface area contributed by atoms with Gasteiger partial charge in [-0.15, -0.1) is 0 Å². The van der Waals surface area contributed by atoms with Gasteiger partial charge in [-0.1, -0.05) is 48.5 Å². The molecule has 5 heteroatoms. The van der Waals surface area contributed by atoms with E-state index in [1.54, 1.807) is 0 Å². The molecule has 0 saturated carbocycles. The maximum absolute atomic E-state index is 13.2. The van der Waals surface area contributed by atoms with Gasteiger partial charge in [-0.3, -0.25) is 9.59 Å². The molecule has 0 bridgehead atoms. The van der Waals surface area contributed by atoms with Gasteiger partial charge in [-0.05, 0) is 37.5 Å². The van der Waals surface area contributed by atoms with Crippen molar-refractivity contribution in [2.45, 2.75) is 37.8 Å². The summed E-state index contributed by atoms with van der Waals surface area (Å²) < 4.78 is 5.56. The van der Waals surface area contributed by atoms with E-state index < -0.39 is 5.41 Å². The molecular weight excluding hydrogens is 340 g/mol. The monoisotopic (exact) mass is 364 g/mol. The molecular formula is C22H24N2O3. The van der Waals surface area contributed by atoms with E-state index in [1.165, 1.54) is 0 Å². The lowest BCUT2D eigenvalue weighted by molar-refractivity contribution is -0.139. The Balaban J connectivity index is 1.79. The van der Waals surface area contributed by atoms with Crippen LogP contribution in [-0.4, -0.2) is 36.0 Å². The largest absolute Gasteiger partial charge is 0.369 e. The van der Waals surface area contributed by atoms with Crippen LogP contribution in [0.4, 0.5) is 5.69 Å². The van der Waals surface area contributed by atoms with Crippen LogP contribution in [0.5, 0.6) is 0 Å². The number of ether oxygens (including phenoxy) is 1. The molecule has 2 unspecified atom stereocenters. The second-order valence-corrected chi connectivity index (χ2v) is 7.48. The molecule has 1 N–H and O–H groups in total. The Morgan fingerprint density at radius 2 is 1.89 bits per heavy atom. The number of nitrogens with zero attached hydrogens (tertiary/aromatic N) is 1. The van der Waals surface area contributed by atoms with Gasteiger partial charge in [0.15, 0.2) is 0 Å². The summed E-state index contributed by atoms with van der Waals surface area (Å²) in [4.78, 5) is 28.0. The highest BCUT2D eigenvalue weighted by molar-refractivity contribution is 6.07. The Labute approximate surface area is 159 Å². The second-order valence-electron chi connectivity index (χ2n) is 7.48. The molecule has 2 atom stereocenters. The lowest BCUT2D eigenvalue weighted by atomic mass is 9.72. The predicted molar refractivity (Wildman–Crippen MR) is 103 cm³/mol. The van der Waals surface area contributed by atoms with Crippen LogP contribution in [0.1, 0.15) is 37.4 Å². The van der Waals surface area contributed by atoms with Crippen LogP contribution in [0.25, 0.3) is 0 Å². The highest BCUT2D eigenvalue weighted by Gasteiger charge is 2.59. The zero-order valence-electron chi connectivity index (χ0n) is 15.6. The van der Waals surface area contributed by atoms with Crippen molar-refractivity contribution in [3.63, 3.8) is 0 Å². The fourth-order valence-electron chi connectivity index (χ4n) is 4.37. The number of carbonyl (C=O) groups is 2. The molecule has 27 heavy (non-hydrogen) atoms.